The molecule has 1 aliphatic rings. The van der Waals surface area contributed by atoms with Gasteiger partial charge in [0.25, 0.3) is 5.91 Å². The number of rotatable bonds is 6. The molecule has 1 aromatic heterocycles. The molecule has 10 heteroatoms. The highest BCUT2D eigenvalue weighted by Gasteiger charge is 2.32. The van der Waals surface area contributed by atoms with Crippen LogP contribution in [-0.4, -0.2) is 66.1 Å². The third-order valence-electron chi connectivity index (χ3n) is 5.52. The third-order valence-corrected chi connectivity index (χ3v) is 7.78. The quantitative estimate of drug-likeness (QED) is 0.531. The van der Waals surface area contributed by atoms with Crippen LogP contribution in [0.1, 0.15) is 23.0 Å². The van der Waals surface area contributed by atoms with E-state index < -0.39 is 10.0 Å². The third kappa shape index (κ3) is 4.62. The van der Waals surface area contributed by atoms with Crippen LogP contribution in [0, 0.1) is 6.92 Å². The molecule has 1 aliphatic heterocycles. The second-order valence-corrected chi connectivity index (χ2v) is 9.90. The van der Waals surface area contributed by atoms with E-state index >= 15 is 0 Å². The normalized spacial score (nSPS) is 14.9. The predicted molar refractivity (Wildman–Crippen MR) is 126 cm³/mol. The summed E-state index contributed by atoms with van der Waals surface area (Å²) >= 11 is 6.53. The lowest BCUT2D eigenvalue weighted by molar-refractivity contribution is 0.0697. The molecule has 0 saturated carbocycles. The van der Waals surface area contributed by atoms with Gasteiger partial charge in [0.2, 0.25) is 10.0 Å². The summed E-state index contributed by atoms with van der Waals surface area (Å²) in [6, 6.07) is 15.7. The number of carbonyl (C=O) groups is 1. The van der Waals surface area contributed by atoms with E-state index in [4.69, 9.17) is 16.3 Å². The lowest BCUT2D eigenvalue weighted by atomic mass is 10.2. The number of para-hydroxylation sites is 1. The zero-order valence-corrected chi connectivity index (χ0v) is 20.0. The summed E-state index contributed by atoms with van der Waals surface area (Å²) in [6.07, 6.45) is 0. The van der Waals surface area contributed by atoms with E-state index in [1.54, 1.807) is 36.1 Å². The fourth-order valence-electron chi connectivity index (χ4n) is 3.80. The van der Waals surface area contributed by atoms with Crippen molar-refractivity contribution in [3.63, 3.8) is 0 Å². The monoisotopic (exact) mass is 488 g/mol. The number of amides is 1. The van der Waals surface area contributed by atoms with E-state index in [2.05, 4.69) is 5.10 Å². The molecule has 8 nitrogen and oxygen atoms in total. The van der Waals surface area contributed by atoms with Crippen LogP contribution in [0.4, 0.5) is 0 Å². The minimum atomic E-state index is -3.66. The van der Waals surface area contributed by atoms with E-state index in [-0.39, 0.29) is 42.1 Å². The molecule has 2 heterocycles. The smallest absolute Gasteiger partial charge is 0.259 e. The number of ether oxygens (including phenoxy) is 1. The summed E-state index contributed by atoms with van der Waals surface area (Å²) in [5, 5.41) is 4.67. The Labute approximate surface area is 198 Å². The molecule has 0 spiro atoms. The summed E-state index contributed by atoms with van der Waals surface area (Å²) in [7, 11) is -3.66. The maximum atomic E-state index is 13.2. The van der Waals surface area contributed by atoms with E-state index in [0.29, 0.717) is 23.6 Å². The molecular formula is C23H25ClN4O4S. The van der Waals surface area contributed by atoms with Crippen molar-refractivity contribution in [1.82, 2.24) is 19.0 Å². The second-order valence-electron chi connectivity index (χ2n) is 7.60. The Hall–Kier alpha value is -2.88. The van der Waals surface area contributed by atoms with Gasteiger partial charge in [-0.3, -0.25) is 4.79 Å². The highest BCUT2D eigenvalue weighted by atomic mass is 35.5. The SMILES string of the molecule is CCOc1ccc(S(=O)(=O)N2CCN(C(=O)c3c(C)nn(-c4ccccc4)c3Cl)CC2)cc1. The van der Waals surface area contributed by atoms with Crippen LogP contribution < -0.4 is 4.74 Å². The molecule has 0 N–H and O–H groups in total. The highest BCUT2D eigenvalue weighted by molar-refractivity contribution is 7.89. The summed E-state index contributed by atoms with van der Waals surface area (Å²) in [5.41, 5.74) is 1.62. The van der Waals surface area contributed by atoms with Gasteiger partial charge in [-0.1, -0.05) is 29.8 Å². The van der Waals surface area contributed by atoms with Crippen molar-refractivity contribution < 1.29 is 17.9 Å². The molecule has 174 valence electrons. The fourth-order valence-corrected chi connectivity index (χ4v) is 5.57. The maximum absolute atomic E-state index is 13.2. The van der Waals surface area contributed by atoms with Crippen molar-refractivity contribution in [2.24, 2.45) is 0 Å². The largest absolute Gasteiger partial charge is 0.494 e. The van der Waals surface area contributed by atoms with Crippen LogP contribution in [0.5, 0.6) is 5.75 Å². The minimum absolute atomic E-state index is 0.199. The van der Waals surface area contributed by atoms with Gasteiger partial charge in [0.15, 0.2) is 0 Å². The van der Waals surface area contributed by atoms with Gasteiger partial charge in [-0.15, -0.1) is 0 Å². The maximum Gasteiger partial charge on any atom is 0.259 e. The van der Waals surface area contributed by atoms with Crippen molar-refractivity contribution in [1.29, 1.82) is 0 Å². The first kappa shape index (κ1) is 23.3. The lowest BCUT2D eigenvalue weighted by Crippen LogP contribution is -2.50. The Balaban J connectivity index is 1.47. The topological polar surface area (TPSA) is 84.7 Å². The number of benzene rings is 2. The van der Waals surface area contributed by atoms with Crippen molar-refractivity contribution in [3.05, 3.63) is 71.0 Å². The molecule has 0 bridgehead atoms. The number of hydrogen-bond donors (Lipinski definition) is 0. The number of aryl methyl sites for hydroxylation is 1. The molecule has 2 aromatic carbocycles. The second kappa shape index (κ2) is 9.54. The summed E-state index contributed by atoms with van der Waals surface area (Å²) in [6.45, 7) is 5.05. The first-order valence-corrected chi connectivity index (χ1v) is 12.5. The lowest BCUT2D eigenvalue weighted by Gasteiger charge is -2.34. The van der Waals surface area contributed by atoms with Gasteiger partial charge in [0.1, 0.15) is 10.9 Å². The Bertz CT molecular complexity index is 1240. The molecule has 0 radical (unpaired) electrons. The average molecular weight is 489 g/mol. The van der Waals surface area contributed by atoms with Crippen molar-refractivity contribution in [3.8, 4) is 11.4 Å². The van der Waals surface area contributed by atoms with Gasteiger partial charge in [0, 0.05) is 26.2 Å². The Kier molecular flexibility index (Phi) is 6.73. The molecule has 3 aromatic rings. The summed E-state index contributed by atoms with van der Waals surface area (Å²) in [5.74, 6) is 0.368. The van der Waals surface area contributed by atoms with Crippen LogP contribution in [0.2, 0.25) is 5.15 Å². The van der Waals surface area contributed by atoms with Crippen molar-refractivity contribution in [2.45, 2.75) is 18.7 Å². The molecular weight excluding hydrogens is 464 g/mol. The van der Waals surface area contributed by atoms with Crippen LogP contribution in [0.3, 0.4) is 0 Å². The van der Waals surface area contributed by atoms with E-state index in [9.17, 15) is 13.2 Å². The highest BCUT2D eigenvalue weighted by Crippen LogP contribution is 2.26. The number of sulfonamides is 1. The van der Waals surface area contributed by atoms with Crippen LogP contribution in [-0.2, 0) is 10.0 Å². The zero-order valence-electron chi connectivity index (χ0n) is 18.4. The number of nitrogens with zero attached hydrogens (tertiary/aromatic N) is 4. The number of piperazine rings is 1. The molecule has 1 fully saturated rings. The summed E-state index contributed by atoms with van der Waals surface area (Å²) in [4.78, 5) is 15.0. The van der Waals surface area contributed by atoms with Gasteiger partial charge in [-0.25, -0.2) is 13.1 Å². The van der Waals surface area contributed by atoms with Crippen molar-refractivity contribution in [2.75, 3.05) is 32.8 Å². The molecule has 1 saturated heterocycles. The molecule has 33 heavy (non-hydrogen) atoms. The van der Waals surface area contributed by atoms with Crippen molar-refractivity contribution >= 4 is 27.5 Å². The number of halogens is 1. The average Bonchev–Trinajstić information content (AvgIpc) is 3.13. The number of carbonyl (C=O) groups excluding carboxylic acids is 1. The molecule has 0 unspecified atom stereocenters. The van der Waals surface area contributed by atoms with E-state index in [1.807, 2.05) is 37.3 Å². The Morgan fingerprint density at radius 1 is 1.03 bits per heavy atom. The van der Waals surface area contributed by atoms with Crippen LogP contribution >= 0.6 is 11.6 Å². The van der Waals surface area contributed by atoms with E-state index in [1.165, 1.54) is 8.99 Å². The van der Waals surface area contributed by atoms with E-state index in [0.717, 1.165) is 5.69 Å². The number of aromatic nitrogens is 2. The molecule has 1 amide bonds. The van der Waals surface area contributed by atoms with Gasteiger partial charge < -0.3 is 9.64 Å². The predicted octanol–water partition coefficient (Wildman–Crippen LogP) is 3.38. The Morgan fingerprint density at radius 3 is 2.27 bits per heavy atom. The minimum Gasteiger partial charge on any atom is -0.494 e. The first-order chi connectivity index (χ1) is 15.8. The standard InChI is InChI=1S/C23H25ClN4O4S/c1-3-32-19-9-11-20(12-10-19)33(30,31)27-15-13-26(14-16-27)23(29)21-17(2)25-28(22(21)24)18-7-5-4-6-8-18/h4-12H,3,13-16H2,1-2H3. The number of hydrogen-bond acceptors (Lipinski definition) is 5. The molecule has 4 rings (SSSR count). The van der Waals surface area contributed by atoms with Crippen LogP contribution in [0.25, 0.3) is 5.69 Å². The van der Waals surface area contributed by atoms with Gasteiger partial charge >= 0.3 is 0 Å². The van der Waals surface area contributed by atoms with Gasteiger partial charge in [0.05, 0.1) is 28.4 Å². The fraction of sp³-hybridized carbons (Fsp3) is 0.304. The molecule has 0 aliphatic carbocycles. The van der Waals surface area contributed by atoms with Gasteiger partial charge in [-0.05, 0) is 50.2 Å². The zero-order chi connectivity index (χ0) is 23.6. The Morgan fingerprint density at radius 2 is 1.67 bits per heavy atom. The van der Waals surface area contributed by atoms with Crippen LogP contribution in [0.15, 0.2) is 59.5 Å². The summed E-state index contributed by atoms with van der Waals surface area (Å²) < 4.78 is 34.4. The van der Waals surface area contributed by atoms with Gasteiger partial charge in [-0.2, -0.15) is 9.40 Å². The molecule has 0 atom stereocenters. The first-order valence-electron chi connectivity index (χ1n) is 10.7.